The van der Waals surface area contributed by atoms with E-state index in [0.29, 0.717) is 12.5 Å². The van der Waals surface area contributed by atoms with Crippen molar-refractivity contribution in [3.63, 3.8) is 0 Å². The van der Waals surface area contributed by atoms with Crippen molar-refractivity contribution in [3.8, 4) is 0 Å². The molecule has 0 saturated heterocycles. The van der Waals surface area contributed by atoms with E-state index >= 15 is 0 Å². The first kappa shape index (κ1) is 13.6. The molecule has 0 radical (unpaired) electrons. The number of carbonyl (C=O) groups is 1. The predicted octanol–water partition coefficient (Wildman–Crippen LogP) is 2.68. The Labute approximate surface area is 105 Å². The van der Waals surface area contributed by atoms with E-state index in [1.165, 1.54) is 0 Å². The van der Waals surface area contributed by atoms with Crippen LogP contribution < -0.4 is 5.32 Å². The van der Waals surface area contributed by atoms with E-state index in [4.69, 9.17) is 0 Å². The highest BCUT2D eigenvalue weighted by Crippen LogP contribution is 2.14. The second-order valence-corrected chi connectivity index (χ2v) is 4.78. The van der Waals surface area contributed by atoms with Crippen LogP contribution in [0.4, 0.5) is 0 Å². The highest BCUT2D eigenvalue weighted by atomic mass is 16.2. The lowest BCUT2D eigenvalue weighted by molar-refractivity contribution is -0.123. The zero-order valence-electron chi connectivity index (χ0n) is 10.8. The summed E-state index contributed by atoms with van der Waals surface area (Å²) < 4.78 is 0. The normalized spacial score (nSPS) is 14.9. The molecule has 17 heavy (non-hydrogen) atoms. The Morgan fingerprint density at radius 2 is 2.24 bits per heavy atom. The molecule has 0 aromatic heterocycles. The summed E-state index contributed by atoms with van der Waals surface area (Å²) >= 11 is 0. The van der Waals surface area contributed by atoms with Crippen LogP contribution in [-0.2, 0) is 4.79 Å². The van der Waals surface area contributed by atoms with Gasteiger partial charge < -0.3 is 10.2 Å². The van der Waals surface area contributed by atoms with Crippen LogP contribution in [0.5, 0.6) is 0 Å². The first-order valence-corrected chi connectivity index (χ1v) is 6.11. The molecule has 1 rings (SSSR count). The quantitative estimate of drug-likeness (QED) is 0.737. The van der Waals surface area contributed by atoms with Crippen LogP contribution in [0.1, 0.15) is 28.1 Å². The highest BCUT2D eigenvalue weighted by molar-refractivity contribution is 5.92. The fraction of sp³-hybridized carbons (Fsp3) is 0.500. The van der Waals surface area contributed by atoms with Gasteiger partial charge >= 0.3 is 0 Å². The van der Waals surface area contributed by atoms with Gasteiger partial charge in [0, 0.05) is 38.4 Å². The molecule has 1 aliphatic rings. The van der Waals surface area contributed by atoms with E-state index in [0.717, 1.165) is 30.8 Å². The van der Waals surface area contributed by atoms with Crippen LogP contribution in [-0.4, -0.2) is 23.9 Å². The summed E-state index contributed by atoms with van der Waals surface area (Å²) in [4.78, 5) is 13.1. The Bertz CT molecular complexity index is 330. The molecule has 0 unspecified atom stereocenters. The topological polar surface area (TPSA) is 32.3 Å². The zero-order chi connectivity index (χ0) is 12.8. The number of hydrogen-bond donors (Lipinski definition) is 1. The largest absolute Gasteiger partial charge is 0.389 e. The van der Waals surface area contributed by atoms with Gasteiger partial charge in [-0.2, -0.15) is 0 Å². The molecule has 0 spiro atoms. The summed E-state index contributed by atoms with van der Waals surface area (Å²) in [7, 11) is 0. The van der Waals surface area contributed by atoms with Gasteiger partial charge in [-0.05, 0) is 18.4 Å². The third-order valence-electron chi connectivity index (χ3n) is 2.76. The number of nitrogens with zero attached hydrogens (tertiary/aromatic N) is 1. The monoisotopic (exact) mass is 236 g/mol. The molecule has 1 amide bonds. The Kier molecular flexibility index (Phi) is 5.01. The molecule has 3 heteroatoms. The zero-order valence-corrected chi connectivity index (χ0v) is 10.8. The number of nitrogens with one attached hydrogen (secondary N) is 1. The fourth-order valence-corrected chi connectivity index (χ4v) is 1.62. The molecule has 0 atom stereocenters. The van der Waals surface area contributed by atoms with Gasteiger partial charge in [0.25, 0.3) is 5.91 Å². The average Bonchev–Trinajstić information content (AvgIpc) is 2.55. The summed E-state index contributed by atoms with van der Waals surface area (Å²) in [5.74, 6) is 0.712. The SMILES string of the molecule is C=C(CCN1C(=C)C=CC1=O)NCCC(C)C.[HH]. The van der Waals surface area contributed by atoms with E-state index < -0.39 is 0 Å². The average molecular weight is 236 g/mol. The molecule has 1 aliphatic heterocycles. The predicted molar refractivity (Wildman–Crippen MR) is 73.3 cm³/mol. The second kappa shape index (κ2) is 6.28. The van der Waals surface area contributed by atoms with Crippen molar-refractivity contribution >= 4 is 5.91 Å². The van der Waals surface area contributed by atoms with Gasteiger partial charge in [0.15, 0.2) is 0 Å². The maximum Gasteiger partial charge on any atom is 0.251 e. The summed E-state index contributed by atoms with van der Waals surface area (Å²) in [5, 5.41) is 3.29. The summed E-state index contributed by atoms with van der Waals surface area (Å²) in [5.41, 5.74) is 1.75. The lowest BCUT2D eigenvalue weighted by Crippen LogP contribution is -2.27. The molecule has 1 N–H and O–H groups in total. The van der Waals surface area contributed by atoms with Crippen molar-refractivity contribution in [2.45, 2.75) is 26.7 Å². The number of amides is 1. The van der Waals surface area contributed by atoms with Gasteiger partial charge in [0.2, 0.25) is 0 Å². The van der Waals surface area contributed by atoms with Crippen molar-refractivity contribution < 1.29 is 6.22 Å². The van der Waals surface area contributed by atoms with Crippen molar-refractivity contribution in [2.75, 3.05) is 13.1 Å². The number of allylic oxidation sites excluding steroid dienone is 1. The van der Waals surface area contributed by atoms with E-state index in [2.05, 4.69) is 32.3 Å². The summed E-state index contributed by atoms with van der Waals surface area (Å²) in [6.45, 7) is 13.8. The van der Waals surface area contributed by atoms with E-state index in [1.807, 2.05) is 0 Å². The molecule has 96 valence electrons. The highest BCUT2D eigenvalue weighted by Gasteiger charge is 2.17. The van der Waals surface area contributed by atoms with Crippen LogP contribution >= 0.6 is 0 Å². The van der Waals surface area contributed by atoms with Gasteiger partial charge in [-0.1, -0.05) is 27.0 Å². The van der Waals surface area contributed by atoms with Crippen LogP contribution in [0, 0.1) is 5.92 Å². The lowest BCUT2D eigenvalue weighted by atomic mass is 10.1. The Balaban J connectivity index is 0.00000289. The Hall–Kier alpha value is -1.51. The van der Waals surface area contributed by atoms with Crippen molar-refractivity contribution in [1.29, 1.82) is 0 Å². The first-order chi connectivity index (χ1) is 8.00. The van der Waals surface area contributed by atoms with E-state index in [-0.39, 0.29) is 7.33 Å². The molecule has 0 aliphatic carbocycles. The van der Waals surface area contributed by atoms with Crippen molar-refractivity contribution in [2.24, 2.45) is 5.92 Å². The molecule has 3 nitrogen and oxygen atoms in total. The molecular formula is C14H24N2O. The summed E-state index contributed by atoms with van der Waals surface area (Å²) in [6, 6.07) is 0. The van der Waals surface area contributed by atoms with Crippen LogP contribution in [0.25, 0.3) is 0 Å². The Morgan fingerprint density at radius 1 is 1.53 bits per heavy atom. The standard InChI is InChI=1S/C14H22N2O.H2/c1-11(2)7-9-15-12(3)8-10-16-13(4)5-6-14(16)17;/h5-6,11,15H,3-4,7-10H2,1-2H3;1H. The van der Waals surface area contributed by atoms with Gasteiger partial charge in [-0.25, -0.2) is 0 Å². The van der Waals surface area contributed by atoms with Gasteiger partial charge in [0.05, 0.1) is 0 Å². The van der Waals surface area contributed by atoms with Gasteiger partial charge in [-0.3, -0.25) is 4.79 Å². The minimum Gasteiger partial charge on any atom is -0.389 e. The van der Waals surface area contributed by atoms with E-state index in [1.54, 1.807) is 17.1 Å². The number of carbonyl (C=O) groups excluding carboxylic acids is 1. The fourth-order valence-electron chi connectivity index (χ4n) is 1.62. The maximum absolute atomic E-state index is 11.4. The molecule has 0 aromatic rings. The van der Waals surface area contributed by atoms with Gasteiger partial charge in [0.1, 0.15) is 0 Å². The Morgan fingerprint density at radius 3 is 2.76 bits per heavy atom. The minimum absolute atomic E-state index is 0. The molecule has 0 aromatic carbocycles. The van der Waals surface area contributed by atoms with Crippen LogP contribution in [0.15, 0.2) is 36.7 Å². The smallest absolute Gasteiger partial charge is 0.251 e. The van der Waals surface area contributed by atoms with E-state index in [9.17, 15) is 4.79 Å². The van der Waals surface area contributed by atoms with Crippen molar-refractivity contribution in [3.05, 3.63) is 36.7 Å². The van der Waals surface area contributed by atoms with Crippen LogP contribution in [0.2, 0.25) is 0 Å². The minimum atomic E-state index is 0. The van der Waals surface area contributed by atoms with Gasteiger partial charge in [-0.15, -0.1) is 0 Å². The molecule has 0 saturated carbocycles. The molecule has 0 fully saturated rings. The third-order valence-corrected chi connectivity index (χ3v) is 2.76. The van der Waals surface area contributed by atoms with Crippen LogP contribution in [0.3, 0.4) is 0 Å². The maximum atomic E-state index is 11.4. The van der Waals surface area contributed by atoms with Crippen molar-refractivity contribution in [1.82, 2.24) is 10.2 Å². The summed E-state index contributed by atoms with van der Waals surface area (Å²) in [6.07, 6.45) is 5.20. The number of rotatable bonds is 7. The third kappa shape index (κ3) is 4.47. The lowest BCUT2D eigenvalue weighted by Gasteiger charge is -2.18. The molecular weight excluding hydrogens is 212 g/mol. The molecule has 1 heterocycles. The second-order valence-electron chi connectivity index (χ2n) is 4.78. The number of hydrogen-bond acceptors (Lipinski definition) is 2. The molecule has 0 bridgehead atoms. The first-order valence-electron chi connectivity index (χ1n) is 6.11.